The minimum absolute atomic E-state index is 0.0986. The number of thiazole rings is 1. The quantitative estimate of drug-likeness (QED) is 0.576. The topological polar surface area (TPSA) is 93.2 Å². The lowest BCUT2D eigenvalue weighted by atomic mass is 10.0. The molecule has 7 nitrogen and oxygen atoms in total. The molecule has 0 aliphatic heterocycles. The average Bonchev–Trinajstić information content (AvgIpc) is 3.19. The van der Waals surface area contributed by atoms with Crippen molar-refractivity contribution in [1.82, 2.24) is 15.3 Å². The summed E-state index contributed by atoms with van der Waals surface area (Å²) in [4.78, 5) is 33.3. The predicted molar refractivity (Wildman–Crippen MR) is 117 cm³/mol. The van der Waals surface area contributed by atoms with Crippen LogP contribution in [0.3, 0.4) is 0 Å². The highest BCUT2D eigenvalue weighted by atomic mass is 32.1. The van der Waals surface area contributed by atoms with Crippen LogP contribution in [0.4, 0.5) is 5.13 Å². The molecule has 0 radical (unpaired) electrons. The number of ether oxygens (including phenoxy) is 1. The highest BCUT2D eigenvalue weighted by Gasteiger charge is 2.20. The first-order valence-corrected chi connectivity index (χ1v) is 10.4. The minimum atomic E-state index is -0.424. The fourth-order valence-electron chi connectivity index (χ4n) is 2.77. The molecule has 3 rings (SSSR count). The van der Waals surface area contributed by atoms with Crippen LogP contribution in [0.1, 0.15) is 36.8 Å². The zero-order valence-electron chi connectivity index (χ0n) is 17.1. The lowest BCUT2D eigenvalue weighted by molar-refractivity contribution is -0.121. The predicted octanol–water partition coefficient (Wildman–Crippen LogP) is 3.59. The normalized spacial score (nSPS) is 11.7. The Morgan fingerprint density at radius 1 is 1.17 bits per heavy atom. The van der Waals surface area contributed by atoms with Gasteiger partial charge in [0.15, 0.2) is 5.13 Å². The SMILES string of the molecule is COc1cccc([C@H](NC(=O)Cc2csc(NC(=O)C(C)C)n2)c2ccccn2)c1. The first-order chi connectivity index (χ1) is 14.5. The number of nitrogens with one attached hydrogen (secondary N) is 2. The van der Waals surface area contributed by atoms with Crippen LogP contribution in [0.25, 0.3) is 0 Å². The summed E-state index contributed by atoms with van der Waals surface area (Å²) < 4.78 is 5.32. The number of carbonyl (C=O) groups excluding carboxylic acids is 2. The lowest BCUT2D eigenvalue weighted by Crippen LogP contribution is -2.31. The molecule has 30 heavy (non-hydrogen) atoms. The molecule has 2 aromatic heterocycles. The van der Waals surface area contributed by atoms with Gasteiger partial charge in [0, 0.05) is 17.5 Å². The molecule has 2 heterocycles. The smallest absolute Gasteiger partial charge is 0.228 e. The maximum absolute atomic E-state index is 12.8. The molecule has 0 saturated heterocycles. The number of aromatic nitrogens is 2. The summed E-state index contributed by atoms with van der Waals surface area (Å²) in [5.74, 6) is 0.268. The van der Waals surface area contributed by atoms with Crippen molar-refractivity contribution >= 4 is 28.3 Å². The zero-order chi connectivity index (χ0) is 21.5. The van der Waals surface area contributed by atoms with E-state index in [0.717, 1.165) is 11.3 Å². The van der Waals surface area contributed by atoms with Crippen molar-refractivity contribution in [3.63, 3.8) is 0 Å². The number of amides is 2. The number of rotatable bonds is 8. The highest BCUT2D eigenvalue weighted by Crippen LogP contribution is 2.24. The number of methoxy groups -OCH3 is 1. The summed E-state index contributed by atoms with van der Waals surface area (Å²) in [7, 11) is 1.60. The number of hydrogen-bond donors (Lipinski definition) is 2. The Morgan fingerprint density at radius 2 is 2.00 bits per heavy atom. The highest BCUT2D eigenvalue weighted by molar-refractivity contribution is 7.13. The van der Waals surface area contributed by atoms with Gasteiger partial charge in [0.1, 0.15) is 5.75 Å². The van der Waals surface area contributed by atoms with E-state index in [-0.39, 0.29) is 24.2 Å². The second-order valence-corrected chi connectivity index (χ2v) is 7.85. The number of nitrogens with zero attached hydrogens (tertiary/aromatic N) is 2. The molecule has 2 N–H and O–H groups in total. The molecule has 0 spiro atoms. The van der Waals surface area contributed by atoms with E-state index in [0.29, 0.717) is 16.6 Å². The van der Waals surface area contributed by atoms with E-state index in [2.05, 4.69) is 20.6 Å². The van der Waals surface area contributed by atoms with E-state index >= 15 is 0 Å². The molecule has 0 aliphatic carbocycles. The first kappa shape index (κ1) is 21.4. The van der Waals surface area contributed by atoms with Crippen molar-refractivity contribution in [3.8, 4) is 5.75 Å². The Hall–Kier alpha value is -3.26. The Bertz CT molecular complexity index is 1000. The molecular weight excluding hydrogens is 400 g/mol. The molecule has 8 heteroatoms. The number of hydrogen-bond acceptors (Lipinski definition) is 6. The van der Waals surface area contributed by atoms with Crippen LogP contribution in [0.15, 0.2) is 54.0 Å². The molecule has 0 unspecified atom stereocenters. The minimum Gasteiger partial charge on any atom is -0.497 e. The second-order valence-electron chi connectivity index (χ2n) is 7.00. The summed E-state index contributed by atoms with van der Waals surface area (Å²) in [5, 5.41) is 8.06. The lowest BCUT2D eigenvalue weighted by Gasteiger charge is -2.19. The van der Waals surface area contributed by atoms with Gasteiger partial charge < -0.3 is 15.4 Å². The van der Waals surface area contributed by atoms with Crippen molar-refractivity contribution in [3.05, 3.63) is 71.0 Å². The van der Waals surface area contributed by atoms with Gasteiger partial charge in [0.2, 0.25) is 11.8 Å². The Kier molecular flexibility index (Phi) is 7.13. The van der Waals surface area contributed by atoms with E-state index in [4.69, 9.17) is 4.74 Å². The van der Waals surface area contributed by atoms with Gasteiger partial charge in [-0.1, -0.05) is 32.0 Å². The maximum atomic E-state index is 12.8. The van der Waals surface area contributed by atoms with Crippen molar-refractivity contribution in [2.75, 3.05) is 12.4 Å². The van der Waals surface area contributed by atoms with E-state index in [1.807, 2.05) is 56.3 Å². The van der Waals surface area contributed by atoms with Crippen LogP contribution in [0, 0.1) is 5.92 Å². The third-order valence-corrected chi connectivity index (χ3v) is 5.17. The molecule has 0 saturated carbocycles. The molecule has 1 atom stereocenters. The van der Waals surface area contributed by atoms with Crippen molar-refractivity contribution in [2.24, 2.45) is 5.92 Å². The molecule has 0 bridgehead atoms. The van der Waals surface area contributed by atoms with Gasteiger partial charge in [0.25, 0.3) is 0 Å². The van der Waals surface area contributed by atoms with Gasteiger partial charge >= 0.3 is 0 Å². The largest absolute Gasteiger partial charge is 0.497 e. The Balaban J connectivity index is 1.74. The van der Waals surface area contributed by atoms with E-state index in [9.17, 15) is 9.59 Å². The van der Waals surface area contributed by atoms with Crippen LogP contribution in [-0.2, 0) is 16.0 Å². The molecule has 156 valence electrons. The number of anilines is 1. The fraction of sp³-hybridized carbons (Fsp3) is 0.273. The van der Waals surface area contributed by atoms with E-state index in [1.165, 1.54) is 11.3 Å². The third-order valence-electron chi connectivity index (χ3n) is 4.36. The van der Waals surface area contributed by atoms with Gasteiger partial charge in [-0.2, -0.15) is 0 Å². The van der Waals surface area contributed by atoms with Crippen LogP contribution < -0.4 is 15.4 Å². The monoisotopic (exact) mass is 424 g/mol. The number of benzene rings is 1. The van der Waals surface area contributed by atoms with Gasteiger partial charge in [-0.15, -0.1) is 11.3 Å². The Labute approximate surface area is 179 Å². The number of pyridine rings is 1. The van der Waals surface area contributed by atoms with Gasteiger partial charge in [-0.25, -0.2) is 4.98 Å². The fourth-order valence-corrected chi connectivity index (χ4v) is 3.48. The standard InChI is InChI=1S/C22H24N4O3S/c1-14(2)21(28)26-22-24-16(13-30-22)12-19(27)25-20(18-9-4-5-10-23-18)15-7-6-8-17(11-15)29-3/h4-11,13-14,20H,12H2,1-3H3,(H,25,27)(H,24,26,28)/t20-/m0/s1. The molecule has 3 aromatic rings. The van der Waals surface area contributed by atoms with Crippen LogP contribution >= 0.6 is 11.3 Å². The van der Waals surface area contributed by atoms with Crippen LogP contribution in [0.5, 0.6) is 5.75 Å². The van der Waals surface area contributed by atoms with Gasteiger partial charge in [0.05, 0.1) is 31.0 Å². The molecule has 0 aliphatic rings. The molecule has 0 fully saturated rings. The zero-order valence-corrected chi connectivity index (χ0v) is 17.9. The van der Waals surface area contributed by atoms with Crippen LogP contribution in [0.2, 0.25) is 0 Å². The summed E-state index contributed by atoms with van der Waals surface area (Å²) in [6, 6.07) is 12.7. The second kappa shape index (κ2) is 9.98. The van der Waals surface area contributed by atoms with Crippen molar-refractivity contribution < 1.29 is 14.3 Å². The van der Waals surface area contributed by atoms with Gasteiger partial charge in [-0.05, 0) is 29.8 Å². The van der Waals surface area contributed by atoms with Crippen LogP contribution in [-0.4, -0.2) is 28.9 Å². The summed E-state index contributed by atoms with van der Waals surface area (Å²) in [6.45, 7) is 3.63. The summed E-state index contributed by atoms with van der Waals surface area (Å²) >= 11 is 1.30. The summed E-state index contributed by atoms with van der Waals surface area (Å²) in [6.07, 6.45) is 1.79. The van der Waals surface area contributed by atoms with E-state index in [1.54, 1.807) is 18.7 Å². The molecular formula is C22H24N4O3S. The Morgan fingerprint density at radius 3 is 2.70 bits per heavy atom. The number of carbonyl (C=O) groups is 2. The van der Waals surface area contributed by atoms with Crippen molar-refractivity contribution in [2.45, 2.75) is 26.3 Å². The third kappa shape index (κ3) is 5.64. The maximum Gasteiger partial charge on any atom is 0.228 e. The van der Waals surface area contributed by atoms with E-state index < -0.39 is 6.04 Å². The average molecular weight is 425 g/mol. The first-order valence-electron chi connectivity index (χ1n) is 9.55. The molecule has 2 amide bonds. The van der Waals surface area contributed by atoms with Crippen molar-refractivity contribution in [1.29, 1.82) is 0 Å². The summed E-state index contributed by atoms with van der Waals surface area (Å²) in [5.41, 5.74) is 2.19. The van der Waals surface area contributed by atoms with Gasteiger partial charge in [-0.3, -0.25) is 14.6 Å². The molecule has 1 aromatic carbocycles.